The Balaban J connectivity index is 1.68. The molecule has 1 unspecified atom stereocenters. The Morgan fingerprint density at radius 2 is 1.80 bits per heavy atom. The Morgan fingerprint density at radius 1 is 1.10 bits per heavy atom. The first kappa shape index (κ1) is 19.0. The van der Waals surface area contributed by atoms with Gasteiger partial charge in [-0.05, 0) is 53.8 Å². The highest BCUT2D eigenvalue weighted by molar-refractivity contribution is 6.16. The lowest BCUT2D eigenvalue weighted by atomic mass is 9.89. The minimum Gasteiger partial charge on any atom is -0.447 e. The molecule has 156 valence electrons. The van der Waals surface area contributed by atoms with E-state index in [2.05, 4.69) is 0 Å². The maximum atomic E-state index is 14.1. The first-order chi connectivity index (χ1) is 14.2. The molecule has 2 N–H and O–H groups in total. The fraction of sp³-hybridized carbons (Fsp3) is 0.364. The third-order valence-corrected chi connectivity index (χ3v) is 6.52. The molecule has 2 aromatic rings. The molecule has 5 rings (SSSR count). The molecule has 0 aromatic heterocycles. The van der Waals surface area contributed by atoms with E-state index in [-0.39, 0.29) is 23.5 Å². The summed E-state index contributed by atoms with van der Waals surface area (Å²) in [6.07, 6.45) is -1.74. The van der Waals surface area contributed by atoms with E-state index in [1.54, 1.807) is 12.1 Å². The summed E-state index contributed by atoms with van der Waals surface area (Å²) in [5.41, 5.74) is 0.969. The van der Waals surface area contributed by atoms with Crippen molar-refractivity contribution >= 4 is 29.1 Å². The van der Waals surface area contributed by atoms with Gasteiger partial charge in [0.25, 0.3) is 0 Å². The van der Waals surface area contributed by atoms with E-state index in [0.717, 1.165) is 0 Å². The zero-order valence-electron chi connectivity index (χ0n) is 16.6. The number of aliphatic hydroxyl groups is 2. The van der Waals surface area contributed by atoms with E-state index in [1.807, 2.05) is 13.8 Å². The van der Waals surface area contributed by atoms with Crippen molar-refractivity contribution < 1.29 is 28.9 Å². The predicted octanol–water partition coefficient (Wildman–Crippen LogP) is 3.11. The van der Waals surface area contributed by atoms with Gasteiger partial charge in [-0.25, -0.2) is 9.18 Å². The first-order valence-corrected chi connectivity index (χ1v) is 9.76. The van der Waals surface area contributed by atoms with E-state index in [9.17, 15) is 24.2 Å². The molecule has 0 bridgehead atoms. The van der Waals surface area contributed by atoms with Crippen molar-refractivity contribution in [2.24, 2.45) is 5.41 Å². The van der Waals surface area contributed by atoms with Gasteiger partial charge in [0.15, 0.2) is 6.29 Å². The molecule has 30 heavy (non-hydrogen) atoms. The second-order valence-electron chi connectivity index (χ2n) is 8.69. The summed E-state index contributed by atoms with van der Waals surface area (Å²) < 4.78 is 19.1. The number of rotatable bonds is 3. The maximum absolute atomic E-state index is 14.1. The van der Waals surface area contributed by atoms with E-state index in [1.165, 1.54) is 34.1 Å². The van der Waals surface area contributed by atoms with E-state index >= 15 is 0 Å². The van der Waals surface area contributed by atoms with Gasteiger partial charge in [-0.3, -0.25) is 14.6 Å². The molecule has 8 heteroatoms. The summed E-state index contributed by atoms with van der Waals surface area (Å²) in [5.74, 6) is -0.599. The number of halogens is 1. The molecule has 1 aliphatic carbocycles. The van der Waals surface area contributed by atoms with Crippen LogP contribution in [0, 0.1) is 11.2 Å². The first-order valence-electron chi connectivity index (χ1n) is 9.76. The fourth-order valence-corrected chi connectivity index (χ4v) is 4.84. The molecule has 1 saturated carbocycles. The van der Waals surface area contributed by atoms with Crippen molar-refractivity contribution in [3.63, 3.8) is 0 Å². The third-order valence-electron chi connectivity index (χ3n) is 6.52. The van der Waals surface area contributed by atoms with Crippen molar-refractivity contribution in [2.75, 3.05) is 23.0 Å². The molecular formula is C22H21FN2O5. The van der Waals surface area contributed by atoms with Gasteiger partial charge in [0.2, 0.25) is 5.91 Å². The lowest BCUT2D eigenvalue weighted by Gasteiger charge is -2.23. The zero-order valence-corrected chi connectivity index (χ0v) is 16.6. The number of nitrogens with zero attached hydrogens (tertiary/aromatic N) is 2. The van der Waals surface area contributed by atoms with Crippen LogP contribution in [-0.4, -0.2) is 35.4 Å². The smallest absolute Gasteiger partial charge is 0.414 e. The molecule has 1 saturated heterocycles. The quantitative estimate of drug-likeness (QED) is 0.756. The molecule has 2 amide bonds. The van der Waals surface area contributed by atoms with Crippen LogP contribution in [-0.2, 0) is 14.9 Å². The number of fused-ring (bicyclic) bond motifs is 2. The van der Waals surface area contributed by atoms with Crippen LogP contribution in [0.1, 0.15) is 37.7 Å². The number of hydrogen-bond donors (Lipinski definition) is 2. The third kappa shape index (κ3) is 2.44. The van der Waals surface area contributed by atoms with Gasteiger partial charge in [-0.2, -0.15) is 0 Å². The average Bonchev–Trinajstić information content (AvgIpc) is 2.95. The largest absolute Gasteiger partial charge is 0.447 e. The number of carbonyl (C=O) groups excluding carboxylic acids is 2. The standard InChI is InChI=1S/C22H21FN2O5/c1-21(2)11-22(21)16-9-13(23)3-4-17(16)25(19(22)28)15-8-12(18(26)27)7-14(10-15)24-5-6-30-20(24)29/h3-4,7-10,18,26-27H,5-6,11H2,1-2H3. The van der Waals surface area contributed by atoms with Crippen molar-refractivity contribution in [3.8, 4) is 0 Å². The normalized spacial score (nSPS) is 24.1. The Labute approximate surface area is 172 Å². The number of amides is 2. The predicted molar refractivity (Wildman–Crippen MR) is 106 cm³/mol. The van der Waals surface area contributed by atoms with Crippen LogP contribution >= 0.6 is 0 Å². The van der Waals surface area contributed by atoms with Crippen LogP contribution in [0.25, 0.3) is 0 Å². The molecule has 2 aliphatic heterocycles. The number of ether oxygens (including phenoxy) is 1. The van der Waals surface area contributed by atoms with Gasteiger partial charge >= 0.3 is 6.09 Å². The molecule has 3 aliphatic rings. The molecule has 1 spiro atoms. The molecular weight excluding hydrogens is 391 g/mol. The lowest BCUT2D eigenvalue weighted by Crippen LogP contribution is -2.31. The summed E-state index contributed by atoms with van der Waals surface area (Å²) in [6, 6.07) is 8.89. The Morgan fingerprint density at radius 3 is 2.40 bits per heavy atom. The fourth-order valence-electron chi connectivity index (χ4n) is 4.84. The second-order valence-corrected chi connectivity index (χ2v) is 8.69. The number of hydrogen-bond acceptors (Lipinski definition) is 5. The van der Waals surface area contributed by atoms with Crippen LogP contribution in [0.2, 0.25) is 0 Å². The summed E-state index contributed by atoms with van der Waals surface area (Å²) in [5, 5.41) is 19.6. The van der Waals surface area contributed by atoms with Crippen molar-refractivity contribution in [1.29, 1.82) is 0 Å². The zero-order chi connectivity index (χ0) is 21.4. The van der Waals surface area contributed by atoms with E-state index in [4.69, 9.17) is 4.74 Å². The average molecular weight is 412 g/mol. The van der Waals surface area contributed by atoms with Crippen molar-refractivity contribution in [1.82, 2.24) is 0 Å². The van der Waals surface area contributed by atoms with Gasteiger partial charge in [0, 0.05) is 11.3 Å². The Hall–Kier alpha value is -2.97. The lowest BCUT2D eigenvalue weighted by molar-refractivity contribution is -0.120. The Bertz CT molecular complexity index is 1100. The number of cyclic esters (lactones) is 1. The van der Waals surface area contributed by atoms with Crippen LogP contribution in [0.4, 0.5) is 26.2 Å². The number of benzene rings is 2. The van der Waals surface area contributed by atoms with Crippen molar-refractivity contribution in [2.45, 2.75) is 32.0 Å². The van der Waals surface area contributed by atoms with Gasteiger partial charge in [0.1, 0.15) is 12.4 Å². The molecule has 2 aromatic carbocycles. The molecule has 7 nitrogen and oxygen atoms in total. The topological polar surface area (TPSA) is 90.3 Å². The highest BCUT2D eigenvalue weighted by Crippen LogP contribution is 2.70. The van der Waals surface area contributed by atoms with Crippen LogP contribution in [0.5, 0.6) is 0 Å². The highest BCUT2D eigenvalue weighted by atomic mass is 19.1. The maximum Gasteiger partial charge on any atom is 0.414 e. The highest BCUT2D eigenvalue weighted by Gasteiger charge is 2.72. The van der Waals surface area contributed by atoms with Gasteiger partial charge in [-0.1, -0.05) is 13.8 Å². The molecule has 0 radical (unpaired) electrons. The second kappa shape index (κ2) is 6.02. The van der Waals surface area contributed by atoms with Gasteiger partial charge in [0.05, 0.1) is 23.3 Å². The summed E-state index contributed by atoms with van der Waals surface area (Å²) in [7, 11) is 0. The summed E-state index contributed by atoms with van der Waals surface area (Å²) in [4.78, 5) is 28.5. The minimum atomic E-state index is -1.79. The number of anilines is 3. The van der Waals surface area contributed by atoms with Crippen LogP contribution < -0.4 is 9.80 Å². The Kier molecular flexibility index (Phi) is 3.82. The number of aliphatic hydroxyl groups excluding tert-OH is 1. The van der Waals surface area contributed by atoms with Gasteiger partial charge < -0.3 is 14.9 Å². The SMILES string of the molecule is CC1(C)CC12C(=O)N(c1cc(C(O)O)cc(N3CCOC3=O)c1)c1ccc(F)cc12. The van der Waals surface area contributed by atoms with E-state index in [0.29, 0.717) is 35.6 Å². The molecule has 2 heterocycles. The van der Waals surface area contributed by atoms with Crippen LogP contribution in [0.15, 0.2) is 36.4 Å². The summed E-state index contributed by atoms with van der Waals surface area (Å²) >= 11 is 0. The number of carbonyl (C=O) groups is 2. The van der Waals surface area contributed by atoms with Gasteiger partial charge in [-0.15, -0.1) is 0 Å². The van der Waals surface area contributed by atoms with Crippen LogP contribution in [0.3, 0.4) is 0 Å². The minimum absolute atomic E-state index is 0.134. The van der Waals surface area contributed by atoms with E-state index < -0.39 is 23.6 Å². The molecule has 2 fully saturated rings. The molecule has 1 atom stereocenters. The van der Waals surface area contributed by atoms with Crippen molar-refractivity contribution in [3.05, 3.63) is 53.3 Å². The summed E-state index contributed by atoms with van der Waals surface area (Å²) in [6.45, 7) is 4.49. The monoisotopic (exact) mass is 412 g/mol.